The van der Waals surface area contributed by atoms with Crippen LogP contribution in [0.1, 0.15) is 40.0 Å². The average Bonchev–Trinajstić information content (AvgIpc) is 2.34. The first-order valence-corrected chi connectivity index (χ1v) is 6.71. The average molecular weight is 286 g/mol. The van der Waals surface area contributed by atoms with Crippen molar-refractivity contribution in [3.63, 3.8) is 0 Å². The number of carbonyl (C=O) groups excluding carboxylic acids is 2. The van der Waals surface area contributed by atoms with Gasteiger partial charge in [-0.05, 0) is 40.0 Å². The molecule has 0 heterocycles. The first-order valence-electron chi connectivity index (χ1n) is 6.71. The molecule has 6 nitrogen and oxygen atoms in total. The molecule has 0 aliphatic rings. The van der Waals surface area contributed by atoms with Gasteiger partial charge in [-0.3, -0.25) is 9.63 Å². The second-order valence-corrected chi connectivity index (χ2v) is 5.35. The number of allylic oxidation sites excluding steroid dienone is 1. The largest absolute Gasteiger partial charge is 0.444 e. The minimum absolute atomic E-state index is 0.195. The van der Waals surface area contributed by atoms with Crippen LogP contribution in [0.3, 0.4) is 0 Å². The lowest BCUT2D eigenvalue weighted by molar-refractivity contribution is -0.162. The Morgan fingerprint density at radius 2 is 1.90 bits per heavy atom. The molecule has 0 saturated carbocycles. The monoisotopic (exact) mass is 286 g/mol. The number of amides is 2. The molecular weight excluding hydrogens is 260 g/mol. The molecule has 20 heavy (non-hydrogen) atoms. The minimum atomic E-state index is -0.472. The molecule has 2 amide bonds. The quantitative estimate of drug-likeness (QED) is 0.443. The SMILES string of the molecule is CON(C)C(=O)/C=C/CCCCNC(=O)OC(C)(C)C. The van der Waals surface area contributed by atoms with Gasteiger partial charge < -0.3 is 10.1 Å². The third-order valence-electron chi connectivity index (χ3n) is 2.31. The van der Waals surface area contributed by atoms with Crippen LogP contribution >= 0.6 is 0 Å². The molecule has 0 aromatic carbocycles. The molecule has 1 N–H and O–H groups in total. The third kappa shape index (κ3) is 10.4. The standard InChI is InChI=1S/C14H26N2O4/c1-14(2,3)20-13(18)15-11-9-7-6-8-10-12(17)16(4)19-5/h8,10H,6-7,9,11H2,1-5H3,(H,15,18)/b10-8+. The van der Waals surface area contributed by atoms with Crippen molar-refractivity contribution < 1.29 is 19.2 Å². The van der Waals surface area contributed by atoms with Crippen molar-refractivity contribution in [1.82, 2.24) is 10.4 Å². The zero-order valence-corrected chi connectivity index (χ0v) is 13.1. The molecule has 0 aliphatic heterocycles. The van der Waals surface area contributed by atoms with Crippen LogP contribution in [0.2, 0.25) is 0 Å². The summed E-state index contributed by atoms with van der Waals surface area (Å²) < 4.78 is 5.11. The Morgan fingerprint density at radius 1 is 1.25 bits per heavy atom. The number of ether oxygens (including phenoxy) is 1. The molecule has 0 aromatic heterocycles. The van der Waals surface area contributed by atoms with Gasteiger partial charge >= 0.3 is 6.09 Å². The summed E-state index contributed by atoms with van der Waals surface area (Å²) in [4.78, 5) is 27.4. The van der Waals surface area contributed by atoms with Gasteiger partial charge in [-0.1, -0.05) is 6.08 Å². The number of likely N-dealkylation sites (N-methyl/N-ethyl adjacent to an activating group) is 1. The van der Waals surface area contributed by atoms with E-state index in [0.717, 1.165) is 24.3 Å². The fourth-order valence-electron chi connectivity index (χ4n) is 1.27. The summed E-state index contributed by atoms with van der Waals surface area (Å²) in [6.07, 6.45) is 5.37. The first-order chi connectivity index (χ1) is 9.26. The molecule has 0 spiro atoms. The van der Waals surface area contributed by atoms with Gasteiger partial charge in [0.2, 0.25) is 0 Å². The molecule has 0 bridgehead atoms. The number of rotatable bonds is 7. The molecular formula is C14H26N2O4. The predicted octanol–water partition coefficient (Wildman–Crippen LogP) is 2.26. The number of nitrogens with zero attached hydrogens (tertiary/aromatic N) is 1. The zero-order chi connectivity index (χ0) is 15.6. The van der Waals surface area contributed by atoms with Gasteiger partial charge in [-0.15, -0.1) is 0 Å². The van der Waals surface area contributed by atoms with Crippen LogP contribution in [0, 0.1) is 0 Å². The van der Waals surface area contributed by atoms with E-state index in [9.17, 15) is 9.59 Å². The maximum absolute atomic E-state index is 11.3. The summed E-state index contributed by atoms with van der Waals surface area (Å²) in [6, 6.07) is 0. The molecule has 0 rings (SSSR count). The first kappa shape index (κ1) is 18.4. The molecule has 0 unspecified atom stereocenters. The summed E-state index contributed by atoms with van der Waals surface area (Å²) in [7, 11) is 2.99. The van der Waals surface area contributed by atoms with Crippen molar-refractivity contribution in [2.75, 3.05) is 20.7 Å². The van der Waals surface area contributed by atoms with E-state index < -0.39 is 11.7 Å². The van der Waals surface area contributed by atoms with Crippen LogP contribution in [0.15, 0.2) is 12.2 Å². The van der Waals surface area contributed by atoms with Gasteiger partial charge in [0.1, 0.15) is 5.60 Å². The van der Waals surface area contributed by atoms with E-state index in [1.165, 1.54) is 13.2 Å². The second-order valence-electron chi connectivity index (χ2n) is 5.35. The van der Waals surface area contributed by atoms with E-state index in [0.29, 0.717) is 6.54 Å². The van der Waals surface area contributed by atoms with E-state index in [1.807, 2.05) is 20.8 Å². The van der Waals surface area contributed by atoms with E-state index in [4.69, 9.17) is 9.57 Å². The lowest BCUT2D eigenvalue weighted by Crippen LogP contribution is -2.32. The Bertz CT molecular complexity index is 335. The van der Waals surface area contributed by atoms with E-state index >= 15 is 0 Å². The van der Waals surface area contributed by atoms with E-state index in [1.54, 1.807) is 13.1 Å². The summed E-state index contributed by atoms with van der Waals surface area (Å²) in [6.45, 7) is 6.04. The van der Waals surface area contributed by atoms with Crippen molar-refractivity contribution >= 4 is 12.0 Å². The van der Waals surface area contributed by atoms with Gasteiger partial charge in [0.25, 0.3) is 5.91 Å². The van der Waals surface area contributed by atoms with Crippen molar-refractivity contribution in [1.29, 1.82) is 0 Å². The Balaban J connectivity index is 3.61. The number of unbranched alkanes of at least 4 members (excludes halogenated alkanes) is 2. The fraction of sp³-hybridized carbons (Fsp3) is 0.714. The highest BCUT2D eigenvalue weighted by Gasteiger charge is 2.15. The highest BCUT2D eigenvalue weighted by atomic mass is 16.7. The van der Waals surface area contributed by atoms with Gasteiger partial charge in [-0.25, -0.2) is 9.86 Å². The maximum atomic E-state index is 11.3. The zero-order valence-electron chi connectivity index (χ0n) is 13.1. The van der Waals surface area contributed by atoms with E-state index in [-0.39, 0.29) is 5.91 Å². The van der Waals surface area contributed by atoms with Crippen molar-refractivity contribution in [3.05, 3.63) is 12.2 Å². The van der Waals surface area contributed by atoms with Gasteiger partial charge in [0, 0.05) is 19.7 Å². The molecule has 0 aliphatic carbocycles. The fourth-order valence-corrected chi connectivity index (χ4v) is 1.27. The van der Waals surface area contributed by atoms with Crippen LogP contribution in [0.25, 0.3) is 0 Å². The smallest absolute Gasteiger partial charge is 0.407 e. The molecule has 0 atom stereocenters. The number of hydrogen-bond acceptors (Lipinski definition) is 4. The highest BCUT2D eigenvalue weighted by molar-refractivity contribution is 5.86. The van der Waals surface area contributed by atoms with Crippen LogP contribution in [-0.4, -0.2) is 43.4 Å². The molecule has 116 valence electrons. The normalized spacial score (nSPS) is 11.4. The maximum Gasteiger partial charge on any atom is 0.407 e. The number of hydroxylamine groups is 2. The highest BCUT2D eigenvalue weighted by Crippen LogP contribution is 2.06. The van der Waals surface area contributed by atoms with Gasteiger partial charge in [-0.2, -0.15) is 0 Å². The number of alkyl carbamates (subject to hydrolysis) is 1. The number of carbonyl (C=O) groups is 2. The molecule has 0 radical (unpaired) electrons. The Hall–Kier alpha value is -1.56. The van der Waals surface area contributed by atoms with Gasteiger partial charge in [0.05, 0.1) is 7.11 Å². The Labute approximate surface area is 121 Å². The van der Waals surface area contributed by atoms with Crippen molar-refractivity contribution in [2.45, 2.75) is 45.6 Å². The summed E-state index contributed by atoms with van der Waals surface area (Å²) in [5.41, 5.74) is -0.472. The topological polar surface area (TPSA) is 67.9 Å². The summed E-state index contributed by atoms with van der Waals surface area (Å²) >= 11 is 0. The molecule has 0 fully saturated rings. The van der Waals surface area contributed by atoms with Gasteiger partial charge in [0.15, 0.2) is 0 Å². The van der Waals surface area contributed by atoms with E-state index in [2.05, 4.69) is 5.32 Å². The summed E-state index contributed by atoms with van der Waals surface area (Å²) in [5, 5.41) is 3.84. The second kappa shape index (κ2) is 9.36. The Kier molecular flexibility index (Phi) is 8.63. The van der Waals surface area contributed by atoms with Crippen molar-refractivity contribution in [3.8, 4) is 0 Å². The van der Waals surface area contributed by atoms with Crippen LogP contribution < -0.4 is 5.32 Å². The summed E-state index contributed by atoms with van der Waals surface area (Å²) in [5.74, 6) is -0.195. The van der Waals surface area contributed by atoms with Crippen LogP contribution in [-0.2, 0) is 14.4 Å². The molecule has 0 aromatic rings. The van der Waals surface area contributed by atoms with Crippen LogP contribution in [0.5, 0.6) is 0 Å². The lowest BCUT2D eigenvalue weighted by Gasteiger charge is -2.19. The third-order valence-corrected chi connectivity index (χ3v) is 2.31. The number of nitrogens with one attached hydrogen (secondary N) is 1. The number of hydrogen-bond donors (Lipinski definition) is 1. The molecule has 6 heteroatoms. The molecule has 0 saturated heterocycles. The van der Waals surface area contributed by atoms with Crippen molar-refractivity contribution in [2.24, 2.45) is 0 Å². The minimum Gasteiger partial charge on any atom is -0.444 e. The Morgan fingerprint density at radius 3 is 2.45 bits per heavy atom. The predicted molar refractivity (Wildman–Crippen MR) is 77.0 cm³/mol. The van der Waals surface area contributed by atoms with Crippen LogP contribution in [0.4, 0.5) is 4.79 Å². The lowest BCUT2D eigenvalue weighted by atomic mass is 10.2.